The molecule has 2 amide bonds. The normalized spacial score (nSPS) is 13.9. The largest absolute Gasteiger partial charge is 0.325 e. The number of aromatic nitrogens is 4. The Bertz CT molecular complexity index is 1210. The van der Waals surface area contributed by atoms with E-state index in [2.05, 4.69) is 15.3 Å². The summed E-state index contributed by atoms with van der Waals surface area (Å²) in [5.74, 6) is 0. The minimum atomic E-state index is -0.0675. The number of carbonyl (C=O) groups excluding carboxylic acids is 1. The molecule has 1 aromatic carbocycles. The fourth-order valence-electron chi connectivity index (χ4n) is 3.79. The number of pyridine rings is 2. The monoisotopic (exact) mass is 410 g/mol. The molecule has 1 aliphatic heterocycles. The number of nitrogens with zero attached hydrogens (tertiary/aromatic N) is 5. The zero-order chi connectivity index (χ0) is 21.0. The van der Waals surface area contributed by atoms with Gasteiger partial charge in [-0.1, -0.05) is 12.1 Å². The van der Waals surface area contributed by atoms with Crippen molar-refractivity contribution in [3.8, 4) is 22.8 Å². The molecule has 1 N–H and O–H groups in total. The first-order valence-corrected chi connectivity index (χ1v) is 10.5. The van der Waals surface area contributed by atoms with Crippen LogP contribution < -0.4 is 5.32 Å². The molecular weight excluding hydrogens is 388 g/mol. The van der Waals surface area contributed by atoms with Crippen LogP contribution in [-0.4, -0.2) is 44.0 Å². The Kier molecular flexibility index (Phi) is 5.22. The molecule has 5 rings (SSSR count). The second-order valence-electron chi connectivity index (χ2n) is 7.53. The third kappa shape index (κ3) is 4.07. The van der Waals surface area contributed by atoms with E-state index in [9.17, 15) is 4.79 Å². The van der Waals surface area contributed by atoms with Crippen molar-refractivity contribution < 1.29 is 4.79 Å². The van der Waals surface area contributed by atoms with Gasteiger partial charge in [0.1, 0.15) is 11.4 Å². The van der Waals surface area contributed by atoms with Gasteiger partial charge in [-0.3, -0.25) is 9.97 Å². The molecule has 1 aliphatic rings. The summed E-state index contributed by atoms with van der Waals surface area (Å²) in [5.41, 5.74) is 4.92. The molecule has 0 radical (unpaired) electrons. The van der Waals surface area contributed by atoms with E-state index < -0.39 is 0 Å². The number of carbonyl (C=O) groups is 1. The standard InChI is InChI=1S/C24H22N6O/c31-24(30-14-6-1-7-15-30)27-17-10-11-18-21(16-17)29-23(20-9-3-5-13-26-20)22(28-18)19-8-2-4-12-25-19/h2-5,8-13,16H,1,6-7,14-15H2,(H,27,31). The van der Waals surface area contributed by atoms with Crippen LogP contribution in [0.15, 0.2) is 67.0 Å². The minimum Gasteiger partial charge on any atom is -0.325 e. The number of benzene rings is 1. The number of piperidine rings is 1. The number of urea groups is 1. The Morgan fingerprint density at radius 3 is 2.03 bits per heavy atom. The third-order valence-corrected chi connectivity index (χ3v) is 5.37. The average molecular weight is 410 g/mol. The molecule has 0 atom stereocenters. The van der Waals surface area contributed by atoms with Gasteiger partial charge < -0.3 is 10.2 Å². The maximum absolute atomic E-state index is 12.6. The first kappa shape index (κ1) is 19.1. The molecular formula is C24H22N6O. The van der Waals surface area contributed by atoms with Crippen LogP contribution in [0.4, 0.5) is 10.5 Å². The van der Waals surface area contributed by atoms with Crippen molar-refractivity contribution in [2.75, 3.05) is 18.4 Å². The highest BCUT2D eigenvalue weighted by Gasteiger charge is 2.18. The minimum absolute atomic E-state index is 0.0675. The number of fused-ring (bicyclic) bond motifs is 1. The molecule has 1 fully saturated rings. The smallest absolute Gasteiger partial charge is 0.321 e. The quantitative estimate of drug-likeness (QED) is 0.526. The molecule has 7 heteroatoms. The predicted octanol–water partition coefficient (Wildman–Crippen LogP) is 4.77. The SMILES string of the molecule is O=C(Nc1ccc2nc(-c3ccccn3)c(-c3ccccn3)nc2c1)N1CCCCC1. The average Bonchev–Trinajstić information content (AvgIpc) is 2.85. The van der Waals surface area contributed by atoms with Crippen LogP contribution in [0.25, 0.3) is 33.8 Å². The van der Waals surface area contributed by atoms with E-state index in [0.29, 0.717) is 22.6 Å². The van der Waals surface area contributed by atoms with E-state index in [0.717, 1.165) is 42.8 Å². The van der Waals surface area contributed by atoms with Crippen molar-refractivity contribution in [1.82, 2.24) is 24.8 Å². The first-order valence-electron chi connectivity index (χ1n) is 10.5. The molecule has 0 saturated carbocycles. The summed E-state index contributed by atoms with van der Waals surface area (Å²) in [6.45, 7) is 1.60. The van der Waals surface area contributed by atoms with E-state index in [1.54, 1.807) is 12.4 Å². The zero-order valence-electron chi connectivity index (χ0n) is 17.0. The maximum Gasteiger partial charge on any atom is 0.321 e. The molecule has 1 saturated heterocycles. The molecule has 4 aromatic rings. The number of amides is 2. The van der Waals surface area contributed by atoms with E-state index in [-0.39, 0.29) is 6.03 Å². The molecule has 3 aromatic heterocycles. The summed E-state index contributed by atoms with van der Waals surface area (Å²) in [6, 6.07) is 16.9. The van der Waals surface area contributed by atoms with Crippen molar-refractivity contribution in [3.05, 3.63) is 67.0 Å². The summed E-state index contributed by atoms with van der Waals surface area (Å²) in [7, 11) is 0. The zero-order valence-corrected chi connectivity index (χ0v) is 17.0. The van der Waals surface area contributed by atoms with Gasteiger partial charge in [-0.15, -0.1) is 0 Å². The Balaban J connectivity index is 1.55. The second kappa shape index (κ2) is 8.47. The van der Waals surface area contributed by atoms with Gasteiger partial charge in [-0.2, -0.15) is 0 Å². The van der Waals surface area contributed by atoms with Gasteiger partial charge in [-0.25, -0.2) is 14.8 Å². The molecule has 31 heavy (non-hydrogen) atoms. The lowest BCUT2D eigenvalue weighted by molar-refractivity contribution is 0.200. The van der Waals surface area contributed by atoms with Crippen molar-refractivity contribution >= 4 is 22.8 Å². The lowest BCUT2D eigenvalue weighted by Gasteiger charge is -2.26. The van der Waals surface area contributed by atoms with Crippen LogP contribution in [0.2, 0.25) is 0 Å². The number of rotatable bonds is 3. The van der Waals surface area contributed by atoms with Crippen molar-refractivity contribution in [2.24, 2.45) is 0 Å². The highest BCUT2D eigenvalue weighted by molar-refractivity contribution is 5.93. The highest BCUT2D eigenvalue weighted by Crippen LogP contribution is 2.29. The molecule has 7 nitrogen and oxygen atoms in total. The van der Waals surface area contributed by atoms with Crippen molar-refractivity contribution in [1.29, 1.82) is 0 Å². The van der Waals surface area contributed by atoms with Crippen LogP contribution in [-0.2, 0) is 0 Å². The second-order valence-corrected chi connectivity index (χ2v) is 7.53. The van der Waals surface area contributed by atoms with Crippen molar-refractivity contribution in [3.63, 3.8) is 0 Å². The first-order chi connectivity index (χ1) is 15.3. The summed E-state index contributed by atoms with van der Waals surface area (Å²) in [5, 5.41) is 3.00. The van der Waals surface area contributed by atoms with E-state index in [4.69, 9.17) is 9.97 Å². The van der Waals surface area contributed by atoms with Gasteiger partial charge in [0.05, 0.1) is 22.4 Å². The Morgan fingerprint density at radius 2 is 1.42 bits per heavy atom. The van der Waals surface area contributed by atoms with Crippen LogP contribution in [0, 0.1) is 0 Å². The summed E-state index contributed by atoms with van der Waals surface area (Å²) < 4.78 is 0. The van der Waals surface area contributed by atoms with Gasteiger partial charge in [0.2, 0.25) is 0 Å². The lowest BCUT2D eigenvalue weighted by Crippen LogP contribution is -2.38. The van der Waals surface area contributed by atoms with Crippen LogP contribution in [0.5, 0.6) is 0 Å². The van der Waals surface area contributed by atoms with Gasteiger partial charge in [0.25, 0.3) is 0 Å². The molecule has 154 valence electrons. The van der Waals surface area contributed by atoms with Crippen LogP contribution in [0.3, 0.4) is 0 Å². The van der Waals surface area contributed by atoms with Gasteiger partial charge in [0, 0.05) is 31.2 Å². The van der Waals surface area contributed by atoms with E-state index >= 15 is 0 Å². The Morgan fingerprint density at radius 1 is 0.774 bits per heavy atom. The number of anilines is 1. The molecule has 0 spiro atoms. The van der Waals surface area contributed by atoms with Crippen LogP contribution >= 0.6 is 0 Å². The predicted molar refractivity (Wildman–Crippen MR) is 120 cm³/mol. The third-order valence-electron chi connectivity index (χ3n) is 5.37. The summed E-state index contributed by atoms with van der Waals surface area (Å²) >= 11 is 0. The number of likely N-dealkylation sites (tertiary alicyclic amines) is 1. The number of nitrogens with one attached hydrogen (secondary N) is 1. The number of hydrogen-bond donors (Lipinski definition) is 1. The van der Waals surface area contributed by atoms with Gasteiger partial charge >= 0.3 is 6.03 Å². The Labute approximate surface area is 180 Å². The summed E-state index contributed by atoms with van der Waals surface area (Å²) in [4.78, 5) is 33.1. The molecule has 4 heterocycles. The molecule has 0 aliphatic carbocycles. The molecule has 0 bridgehead atoms. The Hall–Kier alpha value is -3.87. The fourth-order valence-corrected chi connectivity index (χ4v) is 3.79. The van der Waals surface area contributed by atoms with Gasteiger partial charge in [0.15, 0.2) is 0 Å². The van der Waals surface area contributed by atoms with E-state index in [1.165, 1.54) is 6.42 Å². The highest BCUT2D eigenvalue weighted by atomic mass is 16.2. The topological polar surface area (TPSA) is 83.9 Å². The van der Waals surface area contributed by atoms with Gasteiger partial charge in [-0.05, 0) is 61.7 Å². The van der Waals surface area contributed by atoms with E-state index in [1.807, 2.05) is 59.5 Å². The molecule has 0 unspecified atom stereocenters. The lowest BCUT2D eigenvalue weighted by atomic mass is 10.1. The number of hydrogen-bond acceptors (Lipinski definition) is 5. The maximum atomic E-state index is 12.6. The summed E-state index contributed by atoms with van der Waals surface area (Å²) in [6.07, 6.45) is 6.77. The van der Waals surface area contributed by atoms with Crippen molar-refractivity contribution in [2.45, 2.75) is 19.3 Å². The van der Waals surface area contributed by atoms with Crippen LogP contribution in [0.1, 0.15) is 19.3 Å². The fraction of sp³-hybridized carbons (Fsp3) is 0.208.